The van der Waals surface area contributed by atoms with Crippen molar-refractivity contribution in [2.75, 3.05) is 25.1 Å². The number of hydrogen-bond donors (Lipinski definition) is 0. The summed E-state index contributed by atoms with van der Waals surface area (Å²) >= 11 is 0. The summed E-state index contributed by atoms with van der Waals surface area (Å²) in [5.41, 5.74) is 1.40. The summed E-state index contributed by atoms with van der Waals surface area (Å²) in [5, 5.41) is 11.0. The molecule has 26 heavy (non-hydrogen) atoms. The number of non-ortho nitro benzene ring substituents is 1. The molecule has 2 aromatic rings. The van der Waals surface area contributed by atoms with Crippen molar-refractivity contribution in [1.82, 2.24) is 9.97 Å². The molecule has 0 N–H and O–H groups in total. The lowest BCUT2D eigenvalue weighted by molar-refractivity contribution is -0.384. The standard InChI is InChI=1S/C18H20N4O4/c1-12-10-16(21-8-6-13(7-9-21)18(23)26-2)20-17(19-12)14-4-3-5-15(11-14)22(24)25/h3-5,10-11,13H,6-9H2,1-2H3. The fourth-order valence-electron chi connectivity index (χ4n) is 3.11. The smallest absolute Gasteiger partial charge is 0.308 e. The van der Waals surface area contributed by atoms with Crippen molar-refractivity contribution < 1.29 is 14.5 Å². The van der Waals surface area contributed by atoms with Gasteiger partial charge in [0.1, 0.15) is 5.82 Å². The molecule has 1 aromatic carbocycles. The zero-order valence-corrected chi connectivity index (χ0v) is 14.7. The number of aromatic nitrogens is 2. The molecule has 3 rings (SSSR count). The molecule has 0 aliphatic carbocycles. The van der Waals surface area contributed by atoms with E-state index >= 15 is 0 Å². The van der Waals surface area contributed by atoms with Gasteiger partial charge >= 0.3 is 5.97 Å². The molecule has 136 valence electrons. The van der Waals surface area contributed by atoms with Gasteiger partial charge < -0.3 is 9.64 Å². The van der Waals surface area contributed by atoms with Crippen molar-refractivity contribution in [3.63, 3.8) is 0 Å². The van der Waals surface area contributed by atoms with E-state index in [2.05, 4.69) is 14.9 Å². The van der Waals surface area contributed by atoms with Crippen LogP contribution in [0.25, 0.3) is 11.4 Å². The van der Waals surface area contributed by atoms with E-state index in [0.29, 0.717) is 37.3 Å². The third kappa shape index (κ3) is 3.79. The van der Waals surface area contributed by atoms with Gasteiger partial charge in [-0.1, -0.05) is 12.1 Å². The van der Waals surface area contributed by atoms with Crippen molar-refractivity contribution in [2.24, 2.45) is 5.92 Å². The zero-order chi connectivity index (χ0) is 18.7. The molecule has 0 amide bonds. The minimum Gasteiger partial charge on any atom is -0.469 e. The molecule has 0 atom stereocenters. The minimum absolute atomic E-state index is 0.00745. The van der Waals surface area contributed by atoms with Crippen molar-refractivity contribution in [1.29, 1.82) is 0 Å². The average molecular weight is 356 g/mol. The largest absolute Gasteiger partial charge is 0.469 e. The molecule has 1 aromatic heterocycles. The molecule has 0 spiro atoms. The van der Waals surface area contributed by atoms with Crippen LogP contribution in [0.5, 0.6) is 0 Å². The fourth-order valence-corrected chi connectivity index (χ4v) is 3.11. The van der Waals surface area contributed by atoms with Crippen LogP contribution in [0.1, 0.15) is 18.5 Å². The van der Waals surface area contributed by atoms with Gasteiger partial charge in [-0.15, -0.1) is 0 Å². The first-order valence-electron chi connectivity index (χ1n) is 8.41. The molecule has 1 aliphatic heterocycles. The van der Waals surface area contributed by atoms with E-state index in [1.807, 2.05) is 13.0 Å². The number of methoxy groups -OCH3 is 1. The molecule has 8 nitrogen and oxygen atoms in total. The third-order valence-corrected chi connectivity index (χ3v) is 4.51. The van der Waals surface area contributed by atoms with Gasteiger partial charge in [-0.2, -0.15) is 0 Å². The Morgan fingerprint density at radius 1 is 1.27 bits per heavy atom. The first-order valence-corrected chi connectivity index (χ1v) is 8.41. The van der Waals surface area contributed by atoms with Gasteiger partial charge in [-0.3, -0.25) is 14.9 Å². The predicted molar refractivity (Wildman–Crippen MR) is 95.8 cm³/mol. The monoisotopic (exact) mass is 356 g/mol. The van der Waals surface area contributed by atoms with Crippen LogP contribution in [-0.2, 0) is 9.53 Å². The summed E-state index contributed by atoms with van der Waals surface area (Å²) in [5.74, 6) is 0.984. The molecule has 1 fully saturated rings. The molecular formula is C18H20N4O4. The number of carbonyl (C=O) groups is 1. The summed E-state index contributed by atoms with van der Waals surface area (Å²) in [7, 11) is 1.41. The lowest BCUT2D eigenvalue weighted by Gasteiger charge is -2.31. The summed E-state index contributed by atoms with van der Waals surface area (Å²) in [6.45, 7) is 3.27. The Balaban J connectivity index is 1.84. The van der Waals surface area contributed by atoms with Crippen LogP contribution in [0.15, 0.2) is 30.3 Å². The molecule has 1 aliphatic rings. The summed E-state index contributed by atoms with van der Waals surface area (Å²) in [6, 6.07) is 8.19. The van der Waals surface area contributed by atoms with Gasteiger partial charge in [0, 0.05) is 42.5 Å². The Morgan fingerprint density at radius 2 is 2.00 bits per heavy atom. The number of piperidine rings is 1. The van der Waals surface area contributed by atoms with Crippen LogP contribution in [0.4, 0.5) is 11.5 Å². The molecule has 0 unspecified atom stereocenters. The van der Waals surface area contributed by atoms with Crippen molar-refractivity contribution in [2.45, 2.75) is 19.8 Å². The minimum atomic E-state index is -0.433. The summed E-state index contributed by atoms with van der Waals surface area (Å²) < 4.78 is 4.82. The van der Waals surface area contributed by atoms with Crippen LogP contribution < -0.4 is 4.90 Å². The zero-order valence-electron chi connectivity index (χ0n) is 14.7. The molecule has 2 heterocycles. The first kappa shape index (κ1) is 17.8. The molecule has 0 bridgehead atoms. The SMILES string of the molecule is COC(=O)C1CCN(c2cc(C)nc(-c3cccc([N+](=O)[O-])c3)n2)CC1. The normalized spacial score (nSPS) is 14.9. The van der Waals surface area contributed by atoms with Crippen LogP contribution in [-0.4, -0.2) is 41.1 Å². The average Bonchev–Trinajstić information content (AvgIpc) is 2.67. The Kier molecular flexibility index (Phi) is 5.11. The van der Waals surface area contributed by atoms with E-state index in [4.69, 9.17) is 4.74 Å². The third-order valence-electron chi connectivity index (χ3n) is 4.51. The Bertz CT molecular complexity index is 832. The molecule has 8 heteroatoms. The Hall–Kier alpha value is -3.03. The highest BCUT2D eigenvalue weighted by atomic mass is 16.6. The molecular weight excluding hydrogens is 336 g/mol. The lowest BCUT2D eigenvalue weighted by Crippen LogP contribution is -2.37. The maximum atomic E-state index is 11.7. The van der Waals surface area contributed by atoms with Gasteiger partial charge in [0.15, 0.2) is 5.82 Å². The second kappa shape index (κ2) is 7.47. The molecule has 1 saturated heterocycles. The number of rotatable bonds is 4. The maximum Gasteiger partial charge on any atom is 0.308 e. The van der Waals surface area contributed by atoms with Gasteiger partial charge in [-0.25, -0.2) is 9.97 Å². The number of hydrogen-bond acceptors (Lipinski definition) is 7. The van der Waals surface area contributed by atoms with Crippen LogP contribution in [0.3, 0.4) is 0 Å². The summed E-state index contributed by atoms with van der Waals surface area (Å²) in [4.78, 5) is 33.4. The van der Waals surface area contributed by atoms with Crippen LogP contribution in [0, 0.1) is 23.0 Å². The highest BCUT2D eigenvalue weighted by Gasteiger charge is 2.26. The predicted octanol–water partition coefficient (Wildman–Crippen LogP) is 2.75. The Labute approximate surface area is 151 Å². The maximum absolute atomic E-state index is 11.7. The van der Waals surface area contributed by atoms with Gasteiger partial charge in [0.2, 0.25) is 0 Å². The second-order valence-corrected chi connectivity index (χ2v) is 6.28. The van der Waals surface area contributed by atoms with E-state index in [-0.39, 0.29) is 17.6 Å². The van der Waals surface area contributed by atoms with Gasteiger partial charge in [-0.05, 0) is 19.8 Å². The molecule has 0 radical (unpaired) electrons. The highest BCUT2D eigenvalue weighted by molar-refractivity contribution is 5.72. The number of carbonyl (C=O) groups excluding carboxylic acids is 1. The number of esters is 1. The van der Waals surface area contributed by atoms with Crippen LogP contribution >= 0.6 is 0 Å². The van der Waals surface area contributed by atoms with Crippen molar-refractivity contribution in [3.05, 3.63) is 46.1 Å². The van der Waals surface area contributed by atoms with Gasteiger partial charge in [0.05, 0.1) is 18.0 Å². The number of nitro groups is 1. The number of anilines is 1. The lowest BCUT2D eigenvalue weighted by atomic mass is 9.97. The quantitative estimate of drug-likeness (QED) is 0.472. The number of ether oxygens (including phenoxy) is 1. The van der Waals surface area contributed by atoms with Crippen LogP contribution in [0.2, 0.25) is 0 Å². The fraction of sp³-hybridized carbons (Fsp3) is 0.389. The topological polar surface area (TPSA) is 98.5 Å². The van der Waals surface area contributed by atoms with E-state index in [1.54, 1.807) is 12.1 Å². The first-order chi connectivity index (χ1) is 12.5. The number of benzene rings is 1. The Morgan fingerprint density at radius 3 is 2.65 bits per heavy atom. The highest BCUT2D eigenvalue weighted by Crippen LogP contribution is 2.26. The number of aryl methyl sites for hydroxylation is 1. The summed E-state index contributed by atoms with van der Waals surface area (Å²) in [6.07, 6.45) is 1.42. The van der Waals surface area contributed by atoms with Gasteiger partial charge in [0.25, 0.3) is 5.69 Å². The van der Waals surface area contributed by atoms with E-state index < -0.39 is 4.92 Å². The van der Waals surface area contributed by atoms with Crippen molar-refractivity contribution in [3.8, 4) is 11.4 Å². The molecule has 0 saturated carbocycles. The van der Waals surface area contributed by atoms with Crippen molar-refractivity contribution >= 4 is 17.5 Å². The van der Waals surface area contributed by atoms with E-state index in [0.717, 1.165) is 11.5 Å². The van der Waals surface area contributed by atoms with E-state index in [9.17, 15) is 14.9 Å². The second-order valence-electron chi connectivity index (χ2n) is 6.28. The number of nitrogens with zero attached hydrogens (tertiary/aromatic N) is 4. The van der Waals surface area contributed by atoms with E-state index in [1.165, 1.54) is 19.2 Å². The number of nitro benzene ring substituents is 1.